The predicted molar refractivity (Wildman–Crippen MR) is 166 cm³/mol. The van der Waals surface area contributed by atoms with E-state index in [0.717, 1.165) is 0 Å². The van der Waals surface area contributed by atoms with Gasteiger partial charge in [0.1, 0.15) is 18.1 Å². The number of carbonyl (C=O) groups is 6. The number of thiocarbonyl (C=S) groups is 1. The average molecular weight is 643 g/mol. The Morgan fingerprint density at radius 2 is 1.50 bits per heavy atom. The van der Waals surface area contributed by atoms with Crippen LogP contribution in [0, 0.1) is 0 Å². The van der Waals surface area contributed by atoms with Crippen molar-refractivity contribution in [2.45, 2.75) is 88.8 Å². The highest BCUT2D eigenvalue weighted by atomic mass is 32.1. The summed E-state index contributed by atoms with van der Waals surface area (Å²) >= 11 is 5.11. The van der Waals surface area contributed by atoms with Crippen molar-refractivity contribution < 1.29 is 33.9 Å². The van der Waals surface area contributed by atoms with Crippen molar-refractivity contribution in [1.29, 1.82) is 0 Å². The fourth-order valence-corrected chi connectivity index (χ4v) is 4.38. The Hall–Kier alpha value is -4.22. The second-order valence-corrected chi connectivity index (χ2v) is 10.7. The summed E-state index contributed by atoms with van der Waals surface area (Å²) in [5, 5.41) is 25.4. The van der Waals surface area contributed by atoms with Gasteiger partial charge in [0, 0.05) is 39.0 Å². The SMILES string of the molecule is NC(=O)[C@@H]1CCCCNC(=O)CCC(=O)N[C@@H](CCCN=C(N)N)C(=O)N[C@@H](CCCCNC(=S)NCCC(=O)O)C(=O)N1. The molecule has 1 heterocycles. The van der Waals surface area contributed by atoms with Crippen LogP contribution in [0.2, 0.25) is 0 Å². The van der Waals surface area contributed by atoms with Crippen LogP contribution in [0.3, 0.4) is 0 Å². The lowest BCUT2D eigenvalue weighted by Crippen LogP contribution is -2.56. The van der Waals surface area contributed by atoms with Crippen molar-refractivity contribution in [2.75, 3.05) is 26.2 Å². The number of nitrogens with zero attached hydrogens (tertiary/aromatic N) is 1. The highest BCUT2D eigenvalue weighted by Gasteiger charge is 2.29. The van der Waals surface area contributed by atoms with Crippen LogP contribution in [0.1, 0.15) is 70.6 Å². The molecule has 3 atom stereocenters. The highest BCUT2D eigenvalue weighted by molar-refractivity contribution is 7.80. The zero-order valence-electron chi connectivity index (χ0n) is 24.8. The van der Waals surface area contributed by atoms with Crippen LogP contribution in [-0.2, 0) is 28.8 Å². The number of aliphatic imine (C=N–C) groups is 1. The van der Waals surface area contributed by atoms with Gasteiger partial charge in [0.05, 0.1) is 6.42 Å². The van der Waals surface area contributed by atoms with Crippen LogP contribution in [0.5, 0.6) is 0 Å². The van der Waals surface area contributed by atoms with E-state index in [4.69, 9.17) is 34.5 Å². The first-order valence-electron chi connectivity index (χ1n) is 14.6. The topological polar surface area (TPSA) is 285 Å². The minimum Gasteiger partial charge on any atom is -0.481 e. The van der Waals surface area contributed by atoms with Gasteiger partial charge in [-0.2, -0.15) is 0 Å². The van der Waals surface area contributed by atoms with Gasteiger partial charge in [0.25, 0.3) is 0 Å². The third-order valence-corrected chi connectivity index (χ3v) is 6.83. The van der Waals surface area contributed by atoms with Gasteiger partial charge < -0.3 is 54.2 Å². The Labute approximate surface area is 261 Å². The summed E-state index contributed by atoms with van der Waals surface area (Å²) in [7, 11) is 0. The van der Waals surface area contributed by atoms with Crippen LogP contribution in [0.4, 0.5) is 0 Å². The zero-order chi connectivity index (χ0) is 32.9. The first kappa shape index (κ1) is 37.8. The molecule has 0 aromatic heterocycles. The molecule has 248 valence electrons. The van der Waals surface area contributed by atoms with Crippen LogP contribution in [-0.4, -0.2) is 96.0 Å². The third-order valence-electron chi connectivity index (χ3n) is 6.54. The van der Waals surface area contributed by atoms with Crippen LogP contribution in [0.25, 0.3) is 0 Å². The second-order valence-electron chi connectivity index (χ2n) is 10.3. The molecule has 13 N–H and O–H groups in total. The van der Waals surface area contributed by atoms with E-state index in [2.05, 4.69) is 36.9 Å². The lowest BCUT2D eigenvalue weighted by molar-refractivity contribution is -0.136. The lowest BCUT2D eigenvalue weighted by Gasteiger charge is -2.25. The number of guanidine groups is 1. The minimum absolute atomic E-state index is 0.0761. The van der Waals surface area contributed by atoms with Gasteiger partial charge in [-0.05, 0) is 63.6 Å². The molecule has 0 aromatic carbocycles. The molecular formula is C26H46N10O7S. The van der Waals surface area contributed by atoms with Gasteiger partial charge in [-0.1, -0.05) is 0 Å². The number of carboxylic acids is 1. The standard InChI is InChI=1S/C26H46N10O7S/c27-22(41)16-6-1-3-12-30-19(37)9-10-20(38)34-17(8-5-14-31-25(28)29)23(42)36-18(24(43)35-16)7-2-4-13-32-26(44)33-15-11-21(39)40/h16-18H,1-15H2,(H2,27,41)(H,30,37)(H,34,38)(H,35,43)(H,36,42)(H,39,40)(H4,28,29,31)(H2,32,33,44)/t16-,17-,18-/m0/s1. The normalized spacial score (nSPS) is 20.5. The Kier molecular flexibility index (Phi) is 18.4. The Balaban J connectivity index is 3.00. The fourth-order valence-electron chi connectivity index (χ4n) is 4.18. The second kappa shape index (κ2) is 21.5. The maximum Gasteiger partial charge on any atom is 0.305 e. The van der Waals surface area contributed by atoms with Crippen LogP contribution in [0.15, 0.2) is 4.99 Å². The molecule has 5 amide bonds. The molecule has 0 radical (unpaired) electrons. The van der Waals surface area contributed by atoms with E-state index < -0.39 is 47.7 Å². The van der Waals surface area contributed by atoms with Crippen LogP contribution >= 0.6 is 12.2 Å². The van der Waals surface area contributed by atoms with Crippen LogP contribution < -0.4 is 49.1 Å². The molecule has 0 aliphatic carbocycles. The van der Waals surface area contributed by atoms with Gasteiger partial charge >= 0.3 is 5.97 Å². The fraction of sp³-hybridized carbons (Fsp3) is 0.692. The van der Waals surface area contributed by atoms with Gasteiger partial charge in [0.2, 0.25) is 29.5 Å². The van der Waals surface area contributed by atoms with Gasteiger partial charge in [-0.3, -0.25) is 33.8 Å². The summed E-state index contributed by atoms with van der Waals surface area (Å²) in [6, 6.07) is -3.09. The molecule has 1 aliphatic heterocycles. The number of nitrogens with one attached hydrogen (secondary N) is 6. The third kappa shape index (κ3) is 17.7. The van der Waals surface area contributed by atoms with E-state index in [9.17, 15) is 28.8 Å². The van der Waals surface area contributed by atoms with E-state index in [-0.39, 0.29) is 63.5 Å². The van der Waals surface area contributed by atoms with Crippen molar-refractivity contribution in [2.24, 2.45) is 22.2 Å². The highest BCUT2D eigenvalue weighted by Crippen LogP contribution is 2.08. The number of unbranched alkanes of at least 4 members (excludes halogenated alkanes) is 1. The zero-order valence-corrected chi connectivity index (χ0v) is 25.6. The number of hydrogen-bond acceptors (Lipinski definition) is 8. The summed E-state index contributed by atoms with van der Waals surface area (Å²) < 4.78 is 0. The molecule has 18 heteroatoms. The number of carbonyl (C=O) groups excluding carboxylic acids is 5. The maximum atomic E-state index is 13.4. The van der Waals surface area contributed by atoms with Crippen molar-refractivity contribution in [3.63, 3.8) is 0 Å². The first-order valence-corrected chi connectivity index (χ1v) is 15.0. The quantitative estimate of drug-likeness (QED) is 0.0421. The number of aliphatic carboxylic acids is 1. The molecule has 0 saturated carbocycles. The minimum atomic E-state index is -1.05. The van der Waals surface area contributed by atoms with E-state index in [1.54, 1.807) is 0 Å². The number of rotatable bonds is 13. The van der Waals surface area contributed by atoms with Crippen molar-refractivity contribution in [3.05, 3.63) is 0 Å². The smallest absolute Gasteiger partial charge is 0.305 e. The van der Waals surface area contributed by atoms with E-state index >= 15 is 0 Å². The molecule has 0 bridgehead atoms. The lowest BCUT2D eigenvalue weighted by atomic mass is 10.0. The number of amides is 5. The number of hydrogen-bond donors (Lipinski definition) is 10. The summed E-state index contributed by atoms with van der Waals surface area (Å²) in [6.07, 6.45) is 2.61. The molecule has 44 heavy (non-hydrogen) atoms. The number of nitrogens with two attached hydrogens (primary N) is 3. The number of primary amides is 1. The van der Waals surface area contributed by atoms with Gasteiger partial charge in [-0.25, -0.2) is 0 Å². The van der Waals surface area contributed by atoms with Gasteiger partial charge in [-0.15, -0.1) is 0 Å². The molecule has 0 aromatic rings. The van der Waals surface area contributed by atoms with Crippen molar-refractivity contribution >= 4 is 58.8 Å². The molecule has 1 saturated heterocycles. The molecule has 0 unspecified atom stereocenters. The number of carboxylic acid groups (broad SMARTS) is 1. The predicted octanol–water partition coefficient (Wildman–Crippen LogP) is -2.83. The van der Waals surface area contributed by atoms with Gasteiger partial charge in [0.15, 0.2) is 11.1 Å². The molecule has 1 aliphatic rings. The summed E-state index contributed by atoms with van der Waals surface area (Å²) in [6.45, 7) is 1.12. The first-order chi connectivity index (χ1) is 20.9. The van der Waals surface area contributed by atoms with E-state index in [0.29, 0.717) is 50.3 Å². The van der Waals surface area contributed by atoms with Crippen molar-refractivity contribution in [3.8, 4) is 0 Å². The summed E-state index contributed by atoms with van der Waals surface area (Å²) in [4.78, 5) is 78.0. The van der Waals surface area contributed by atoms with Crippen molar-refractivity contribution in [1.82, 2.24) is 31.9 Å². The Morgan fingerprint density at radius 3 is 2.18 bits per heavy atom. The molecule has 17 nitrogen and oxygen atoms in total. The Bertz CT molecular complexity index is 1040. The summed E-state index contributed by atoms with van der Waals surface area (Å²) in [5.41, 5.74) is 16.3. The molecule has 1 rings (SSSR count). The molecule has 0 spiro atoms. The largest absolute Gasteiger partial charge is 0.481 e. The van der Waals surface area contributed by atoms with E-state index in [1.807, 2.05) is 0 Å². The molecule has 1 fully saturated rings. The average Bonchev–Trinajstić information content (AvgIpc) is 2.94. The monoisotopic (exact) mass is 642 g/mol. The Morgan fingerprint density at radius 1 is 0.864 bits per heavy atom. The molecular weight excluding hydrogens is 596 g/mol. The summed E-state index contributed by atoms with van der Waals surface area (Å²) in [5.74, 6) is -3.89. The maximum absolute atomic E-state index is 13.4. The van der Waals surface area contributed by atoms with E-state index in [1.165, 1.54) is 0 Å².